The highest BCUT2D eigenvalue weighted by molar-refractivity contribution is 5.95. The molecule has 130 valence electrons. The van der Waals surface area contributed by atoms with E-state index in [4.69, 9.17) is 14.2 Å². The normalized spacial score (nSPS) is 10.8. The van der Waals surface area contributed by atoms with Crippen molar-refractivity contribution < 1.29 is 28.7 Å². The molecule has 0 saturated heterocycles. The van der Waals surface area contributed by atoms with E-state index in [0.29, 0.717) is 12.8 Å². The number of carbonyl (C=O) groups excluding carboxylic acids is 2. The number of benzene rings is 1. The third kappa shape index (κ3) is 6.07. The number of esters is 2. The number of para-hydroxylation sites is 2. The second kappa shape index (κ2) is 9.98. The topological polar surface area (TPSA) is 105 Å². The summed E-state index contributed by atoms with van der Waals surface area (Å²) in [5, 5.41) is 11.0. The number of hydrogen-bond acceptors (Lipinski definition) is 7. The van der Waals surface area contributed by atoms with E-state index in [2.05, 4.69) is 0 Å². The molecule has 0 aliphatic carbocycles. The van der Waals surface area contributed by atoms with Gasteiger partial charge in [-0.1, -0.05) is 26.0 Å². The van der Waals surface area contributed by atoms with Gasteiger partial charge in [0.1, 0.15) is 0 Å². The van der Waals surface area contributed by atoms with Crippen molar-refractivity contribution in [2.24, 2.45) is 0 Å². The summed E-state index contributed by atoms with van der Waals surface area (Å²) in [6.45, 7) is 3.92. The Morgan fingerprint density at radius 2 is 1.75 bits per heavy atom. The van der Waals surface area contributed by atoms with Crippen LogP contribution in [0, 0.1) is 10.1 Å². The molecule has 0 saturated carbocycles. The van der Waals surface area contributed by atoms with E-state index < -0.39 is 22.6 Å². The molecule has 0 N–H and O–H groups in total. The monoisotopic (exact) mass is 337 g/mol. The first kappa shape index (κ1) is 19.1. The van der Waals surface area contributed by atoms with E-state index >= 15 is 0 Å². The van der Waals surface area contributed by atoms with Gasteiger partial charge in [-0.05, 0) is 18.9 Å². The van der Waals surface area contributed by atoms with E-state index in [1.807, 2.05) is 6.92 Å². The van der Waals surface area contributed by atoms with Gasteiger partial charge >= 0.3 is 17.6 Å². The summed E-state index contributed by atoms with van der Waals surface area (Å²) in [7, 11) is 0. The smallest absolute Gasteiger partial charge is 0.374 e. The van der Waals surface area contributed by atoms with Crippen LogP contribution in [-0.2, 0) is 19.1 Å². The third-order valence-corrected chi connectivity index (χ3v) is 2.62. The molecule has 0 spiro atoms. The summed E-state index contributed by atoms with van der Waals surface area (Å²) in [6, 6.07) is 5.50. The standard InChI is InChI=1S/C16H19NO7/c1-3-9-22-15(18)11-14(16(19)23-10-4-2)24-13-8-6-5-7-12(13)17(20)21/h5-8,11H,3-4,9-10H2,1-2H3. The number of rotatable bonds is 9. The number of carbonyl (C=O) groups is 2. The lowest BCUT2D eigenvalue weighted by Gasteiger charge is -2.10. The van der Waals surface area contributed by atoms with Crippen LogP contribution in [0.4, 0.5) is 5.69 Å². The fraction of sp³-hybridized carbons (Fsp3) is 0.375. The lowest BCUT2D eigenvalue weighted by molar-refractivity contribution is -0.385. The number of nitrogens with zero attached hydrogens (tertiary/aromatic N) is 1. The van der Waals surface area contributed by atoms with E-state index in [-0.39, 0.29) is 24.7 Å². The number of ether oxygens (including phenoxy) is 3. The van der Waals surface area contributed by atoms with Crippen molar-refractivity contribution in [1.82, 2.24) is 0 Å². The molecule has 0 unspecified atom stereocenters. The van der Waals surface area contributed by atoms with E-state index in [1.54, 1.807) is 6.92 Å². The van der Waals surface area contributed by atoms with Crippen LogP contribution in [0.15, 0.2) is 36.1 Å². The molecule has 8 heteroatoms. The van der Waals surface area contributed by atoms with Gasteiger partial charge < -0.3 is 14.2 Å². The second-order valence-electron chi connectivity index (χ2n) is 4.64. The Morgan fingerprint density at radius 3 is 2.38 bits per heavy atom. The largest absolute Gasteiger partial charge is 0.462 e. The Balaban J connectivity index is 3.05. The molecular weight excluding hydrogens is 318 g/mol. The molecule has 0 aromatic heterocycles. The zero-order chi connectivity index (χ0) is 17.9. The van der Waals surface area contributed by atoms with Crippen molar-refractivity contribution in [2.45, 2.75) is 26.7 Å². The molecule has 1 aromatic carbocycles. The van der Waals surface area contributed by atoms with Gasteiger partial charge in [-0.2, -0.15) is 0 Å². The average molecular weight is 337 g/mol. The fourth-order valence-electron chi connectivity index (χ4n) is 1.56. The molecule has 8 nitrogen and oxygen atoms in total. The van der Waals surface area contributed by atoms with Gasteiger partial charge in [0.2, 0.25) is 11.5 Å². The lowest BCUT2D eigenvalue weighted by Crippen LogP contribution is -2.16. The van der Waals surface area contributed by atoms with Gasteiger partial charge in [-0.3, -0.25) is 10.1 Å². The maximum Gasteiger partial charge on any atom is 0.374 e. The zero-order valence-corrected chi connectivity index (χ0v) is 13.5. The van der Waals surface area contributed by atoms with E-state index in [1.165, 1.54) is 24.3 Å². The van der Waals surface area contributed by atoms with Gasteiger partial charge in [0.25, 0.3) is 0 Å². The molecule has 0 radical (unpaired) electrons. The first-order valence-electron chi connectivity index (χ1n) is 7.46. The molecule has 0 aliphatic heterocycles. The SMILES string of the molecule is CCCOC(=O)C=C(Oc1ccccc1[N+](=O)[O-])C(=O)OCCC. The Hall–Kier alpha value is -2.90. The quantitative estimate of drug-likeness (QED) is 0.224. The Morgan fingerprint density at radius 1 is 1.12 bits per heavy atom. The maximum absolute atomic E-state index is 12.0. The molecule has 0 bridgehead atoms. The van der Waals surface area contributed by atoms with E-state index in [0.717, 1.165) is 6.08 Å². The average Bonchev–Trinajstić information content (AvgIpc) is 2.57. The highest BCUT2D eigenvalue weighted by atomic mass is 16.6. The summed E-state index contributed by atoms with van der Waals surface area (Å²) in [5.41, 5.74) is -0.339. The molecule has 1 aromatic rings. The molecule has 1 rings (SSSR count). The minimum absolute atomic E-state index is 0.125. The van der Waals surface area contributed by atoms with Crippen molar-refractivity contribution in [3.05, 3.63) is 46.2 Å². The maximum atomic E-state index is 12.0. The van der Waals surface area contributed by atoms with Crippen molar-refractivity contribution in [2.75, 3.05) is 13.2 Å². The van der Waals surface area contributed by atoms with Crippen molar-refractivity contribution >= 4 is 17.6 Å². The molecule has 24 heavy (non-hydrogen) atoms. The fourth-order valence-corrected chi connectivity index (χ4v) is 1.56. The molecule has 0 aliphatic rings. The van der Waals surface area contributed by atoms with Crippen LogP contribution in [0.1, 0.15) is 26.7 Å². The van der Waals surface area contributed by atoms with Crippen LogP contribution >= 0.6 is 0 Å². The number of nitro benzene ring substituents is 1. The third-order valence-electron chi connectivity index (χ3n) is 2.62. The molecule has 0 fully saturated rings. The second-order valence-corrected chi connectivity index (χ2v) is 4.64. The summed E-state index contributed by atoms with van der Waals surface area (Å²) in [4.78, 5) is 34.0. The summed E-state index contributed by atoms with van der Waals surface area (Å²) >= 11 is 0. The summed E-state index contributed by atoms with van der Waals surface area (Å²) in [6.07, 6.45) is 2.01. The van der Waals surface area contributed by atoms with E-state index in [9.17, 15) is 19.7 Å². The van der Waals surface area contributed by atoms with Crippen LogP contribution in [0.3, 0.4) is 0 Å². The van der Waals surface area contributed by atoms with Gasteiger partial charge in [0.05, 0.1) is 24.2 Å². The highest BCUT2D eigenvalue weighted by Crippen LogP contribution is 2.27. The van der Waals surface area contributed by atoms with Crippen LogP contribution < -0.4 is 4.74 Å². The predicted octanol–water partition coefficient (Wildman–Crippen LogP) is 2.76. The molecular formula is C16H19NO7. The Bertz CT molecular complexity index is 625. The van der Waals surface area contributed by atoms with Crippen molar-refractivity contribution in [1.29, 1.82) is 0 Å². The highest BCUT2D eigenvalue weighted by Gasteiger charge is 2.21. The summed E-state index contributed by atoms with van der Waals surface area (Å²) in [5.74, 6) is -2.34. The first-order chi connectivity index (χ1) is 11.5. The zero-order valence-electron chi connectivity index (χ0n) is 13.5. The van der Waals surface area contributed by atoms with Crippen LogP contribution in [0.5, 0.6) is 5.75 Å². The van der Waals surface area contributed by atoms with Crippen molar-refractivity contribution in [3.63, 3.8) is 0 Å². The Labute approximate surface area is 139 Å². The molecule has 0 heterocycles. The number of nitro groups is 1. The van der Waals surface area contributed by atoms with Gasteiger partial charge in [0, 0.05) is 6.07 Å². The minimum Gasteiger partial charge on any atom is -0.462 e. The first-order valence-corrected chi connectivity index (χ1v) is 7.46. The lowest BCUT2D eigenvalue weighted by atomic mass is 10.3. The van der Waals surface area contributed by atoms with Gasteiger partial charge in [-0.25, -0.2) is 9.59 Å². The van der Waals surface area contributed by atoms with Crippen LogP contribution in [-0.4, -0.2) is 30.1 Å². The summed E-state index contributed by atoms with van der Waals surface area (Å²) < 4.78 is 15.0. The van der Waals surface area contributed by atoms with Gasteiger partial charge in [0.15, 0.2) is 0 Å². The molecule has 0 atom stereocenters. The minimum atomic E-state index is -0.900. The predicted molar refractivity (Wildman–Crippen MR) is 84.3 cm³/mol. The van der Waals surface area contributed by atoms with Gasteiger partial charge in [-0.15, -0.1) is 0 Å². The van der Waals surface area contributed by atoms with Crippen LogP contribution in [0.2, 0.25) is 0 Å². The van der Waals surface area contributed by atoms with Crippen LogP contribution in [0.25, 0.3) is 0 Å². The molecule has 0 amide bonds. The Kier molecular flexibility index (Phi) is 7.97. The number of hydrogen-bond donors (Lipinski definition) is 0. The van der Waals surface area contributed by atoms with Crippen molar-refractivity contribution in [3.8, 4) is 5.75 Å².